The van der Waals surface area contributed by atoms with E-state index in [-0.39, 0.29) is 17.6 Å². The van der Waals surface area contributed by atoms with Gasteiger partial charge in [-0.25, -0.2) is 0 Å². The summed E-state index contributed by atoms with van der Waals surface area (Å²) in [6.07, 6.45) is 2.91. The molecule has 6 heteroatoms. The molecule has 3 aromatic rings. The van der Waals surface area contributed by atoms with Crippen LogP contribution >= 0.6 is 0 Å². The highest BCUT2D eigenvalue weighted by atomic mass is 16.6. The highest BCUT2D eigenvalue weighted by Crippen LogP contribution is 2.38. The molecule has 2 saturated heterocycles. The predicted octanol–water partition coefficient (Wildman–Crippen LogP) is 5.04. The number of rotatable bonds is 9. The first-order valence-corrected chi connectivity index (χ1v) is 12.8. The Morgan fingerprint density at radius 1 is 0.917 bits per heavy atom. The third-order valence-electron chi connectivity index (χ3n) is 7.04. The molecule has 6 nitrogen and oxygen atoms in total. The summed E-state index contributed by atoms with van der Waals surface area (Å²) in [5, 5.41) is 3.02. The van der Waals surface area contributed by atoms with Crippen LogP contribution in [-0.4, -0.2) is 48.8 Å². The van der Waals surface area contributed by atoms with Crippen molar-refractivity contribution in [2.75, 3.05) is 31.6 Å². The Labute approximate surface area is 213 Å². The number of nitrogens with one attached hydrogen (secondary N) is 1. The molecule has 5 rings (SSSR count). The fourth-order valence-corrected chi connectivity index (χ4v) is 5.07. The number of hydrogen-bond acceptors (Lipinski definition) is 5. The van der Waals surface area contributed by atoms with Crippen molar-refractivity contribution in [3.63, 3.8) is 0 Å². The number of likely N-dealkylation sites (tertiary alicyclic amines) is 1. The van der Waals surface area contributed by atoms with E-state index in [1.807, 2.05) is 72.8 Å². The van der Waals surface area contributed by atoms with Crippen LogP contribution in [0.15, 0.2) is 84.9 Å². The molecule has 2 aliphatic rings. The quantitative estimate of drug-likeness (QED) is 0.459. The maximum absolute atomic E-state index is 12.8. The van der Waals surface area contributed by atoms with Crippen LogP contribution in [0.1, 0.15) is 30.4 Å². The van der Waals surface area contributed by atoms with Crippen molar-refractivity contribution in [1.82, 2.24) is 4.90 Å². The zero-order valence-electron chi connectivity index (χ0n) is 20.6. The molecule has 2 aliphatic heterocycles. The van der Waals surface area contributed by atoms with Crippen LogP contribution < -0.4 is 10.1 Å². The molecule has 3 aromatic carbocycles. The molecule has 1 spiro atoms. The third kappa shape index (κ3) is 6.32. The first-order valence-electron chi connectivity index (χ1n) is 12.8. The van der Waals surface area contributed by atoms with Gasteiger partial charge in [0.1, 0.15) is 12.4 Å². The second kappa shape index (κ2) is 11.7. The fourth-order valence-electron chi connectivity index (χ4n) is 5.07. The van der Waals surface area contributed by atoms with Gasteiger partial charge in [0.25, 0.3) is 0 Å². The lowest BCUT2D eigenvalue weighted by Crippen LogP contribution is -2.57. The average Bonchev–Trinajstić information content (AvgIpc) is 3.39. The molecule has 1 N–H and O–H groups in total. The molecule has 2 atom stereocenters. The molecule has 0 aromatic heterocycles. The normalized spacial score (nSPS) is 21.9. The van der Waals surface area contributed by atoms with Crippen molar-refractivity contribution in [3.8, 4) is 5.75 Å². The van der Waals surface area contributed by atoms with Crippen LogP contribution in [0.5, 0.6) is 5.75 Å². The molecular weight excluding hydrogens is 452 g/mol. The van der Waals surface area contributed by atoms with Crippen LogP contribution in [0.4, 0.5) is 5.69 Å². The second-order valence-corrected chi connectivity index (χ2v) is 9.63. The van der Waals surface area contributed by atoms with Crippen molar-refractivity contribution in [1.29, 1.82) is 0 Å². The molecule has 2 heterocycles. The average molecular weight is 487 g/mol. The lowest BCUT2D eigenvalue weighted by Gasteiger charge is -2.44. The number of benzene rings is 3. The van der Waals surface area contributed by atoms with Gasteiger partial charge in [0.15, 0.2) is 0 Å². The summed E-state index contributed by atoms with van der Waals surface area (Å²) in [5.41, 5.74) is 2.80. The fraction of sp³-hybridized carbons (Fsp3) is 0.367. The molecule has 1 amide bonds. The molecule has 0 aliphatic carbocycles. The highest BCUT2D eigenvalue weighted by molar-refractivity contribution is 5.92. The van der Waals surface area contributed by atoms with Crippen LogP contribution in [0.3, 0.4) is 0 Å². The number of carbonyl (C=O) groups excluding carboxylic acids is 1. The van der Waals surface area contributed by atoms with Gasteiger partial charge in [-0.3, -0.25) is 9.69 Å². The smallest absolute Gasteiger partial charge is 0.238 e. The number of ether oxygens (including phenoxy) is 3. The van der Waals surface area contributed by atoms with E-state index in [2.05, 4.69) is 22.3 Å². The molecule has 2 fully saturated rings. The molecule has 188 valence electrons. The molecule has 0 saturated carbocycles. The molecule has 0 bridgehead atoms. The monoisotopic (exact) mass is 486 g/mol. The van der Waals surface area contributed by atoms with Gasteiger partial charge in [-0.15, -0.1) is 0 Å². The summed E-state index contributed by atoms with van der Waals surface area (Å²) < 4.78 is 18.5. The Hall–Kier alpha value is -3.19. The van der Waals surface area contributed by atoms with E-state index in [0.29, 0.717) is 26.3 Å². The third-order valence-corrected chi connectivity index (χ3v) is 7.04. The summed E-state index contributed by atoms with van der Waals surface area (Å²) in [6, 6.07) is 27.8. The summed E-state index contributed by atoms with van der Waals surface area (Å²) in [4.78, 5) is 15.0. The van der Waals surface area contributed by atoms with Crippen molar-refractivity contribution in [2.24, 2.45) is 0 Å². The Bertz CT molecular complexity index is 1100. The first kappa shape index (κ1) is 24.5. The predicted molar refractivity (Wildman–Crippen MR) is 140 cm³/mol. The maximum atomic E-state index is 12.8. The van der Waals surface area contributed by atoms with Gasteiger partial charge >= 0.3 is 0 Å². The van der Waals surface area contributed by atoms with Crippen LogP contribution in [-0.2, 0) is 27.5 Å². The minimum atomic E-state index is -0.225. The van der Waals surface area contributed by atoms with E-state index in [1.54, 1.807) is 0 Å². The largest absolute Gasteiger partial charge is 0.489 e. The maximum Gasteiger partial charge on any atom is 0.238 e. The number of hydrogen-bond donors (Lipinski definition) is 1. The van der Waals surface area contributed by atoms with Gasteiger partial charge in [0.2, 0.25) is 5.91 Å². The zero-order chi connectivity index (χ0) is 24.6. The molecule has 36 heavy (non-hydrogen) atoms. The summed E-state index contributed by atoms with van der Waals surface area (Å²) in [5.74, 6) is 0.742. The number of anilines is 1. The summed E-state index contributed by atoms with van der Waals surface area (Å²) >= 11 is 0. The first-order chi connectivity index (χ1) is 17.7. The lowest BCUT2D eigenvalue weighted by molar-refractivity contribution is -0.159. The van der Waals surface area contributed by atoms with E-state index in [4.69, 9.17) is 14.2 Å². The zero-order valence-corrected chi connectivity index (χ0v) is 20.6. The van der Waals surface area contributed by atoms with E-state index in [0.717, 1.165) is 55.0 Å². The van der Waals surface area contributed by atoms with E-state index >= 15 is 0 Å². The molecular formula is C30H34N2O4. The van der Waals surface area contributed by atoms with E-state index in [1.165, 1.54) is 0 Å². The van der Waals surface area contributed by atoms with Crippen LogP contribution in [0.25, 0.3) is 0 Å². The van der Waals surface area contributed by atoms with Gasteiger partial charge in [-0.1, -0.05) is 60.7 Å². The standard InChI is InChI=1S/C30H34N2O4/c33-29(31-26-12-14-27(15-13-26)34-22-24-8-3-1-4-9-24)21-32-18-17-30(16-7-19-36-30)28(20-32)35-23-25-10-5-2-6-11-25/h1-6,8-15,28H,7,16-23H2,(H,31,33)/t28-,30+/m0/s1. The number of carbonyl (C=O) groups is 1. The van der Waals surface area contributed by atoms with E-state index in [9.17, 15) is 4.79 Å². The topological polar surface area (TPSA) is 60.0 Å². The lowest BCUT2D eigenvalue weighted by atomic mass is 9.85. The number of amides is 1. The number of nitrogens with zero attached hydrogens (tertiary/aromatic N) is 1. The molecule has 0 radical (unpaired) electrons. The Morgan fingerprint density at radius 2 is 1.61 bits per heavy atom. The Kier molecular flexibility index (Phi) is 7.96. The van der Waals surface area contributed by atoms with Gasteiger partial charge in [0.05, 0.1) is 24.9 Å². The SMILES string of the molecule is O=C(CN1CC[C@]2(CCCO2)[C@@H](OCc2ccccc2)C1)Nc1ccc(OCc2ccccc2)cc1. The minimum absolute atomic E-state index is 0.0296. The Balaban J connectivity index is 1.12. The van der Waals surface area contributed by atoms with Crippen molar-refractivity contribution in [3.05, 3.63) is 96.1 Å². The highest BCUT2D eigenvalue weighted by Gasteiger charge is 2.47. The Morgan fingerprint density at radius 3 is 2.28 bits per heavy atom. The van der Waals surface area contributed by atoms with Gasteiger partial charge in [0, 0.05) is 25.4 Å². The second-order valence-electron chi connectivity index (χ2n) is 9.63. The van der Waals surface area contributed by atoms with Gasteiger partial charge in [-0.2, -0.15) is 0 Å². The van der Waals surface area contributed by atoms with Crippen molar-refractivity contribution >= 4 is 11.6 Å². The van der Waals surface area contributed by atoms with E-state index < -0.39 is 0 Å². The van der Waals surface area contributed by atoms with Crippen molar-refractivity contribution < 1.29 is 19.0 Å². The summed E-state index contributed by atoms with van der Waals surface area (Å²) in [7, 11) is 0. The van der Waals surface area contributed by atoms with Gasteiger partial charge < -0.3 is 19.5 Å². The van der Waals surface area contributed by atoms with Crippen LogP contribution in [0.2, 0.25) is 0 Å². The summed E-state index contributed by atoms with van der Waals surface area (Å²) in [6.45, 7) is 3.69. The van der Waals surface area contributed by atoms with Crippen LogP contribution in [0, 0.1) is 0 Å². The minimum Gasteiger partial charge on any atom is -0.489 e. The van der Waals surface area contributed by atoms with Gasteiger partial charge in [-0.05, 0) is 54.7 Å². The van der Waals surface area contributed by atoms with Crippen molar-refractivity contribution in [2.45, 2.75) is 44.2 Å². The molecule has 0 unspecified atom stereocenters. The number of piperidine rings is 1.